The molecule has 2 rings (SSSR count). The average molecular weight is 300 g/mol. The summed E-state index contributed by atoms with van der Waals surface area (Å²) < 4.78 is 40.5. The van der Waals surface area contributed by atoms with Crippen LogP contribution in [0.2, 0.25) is 0 Å². The Labute approximate surface area is 120 Å². The third kappa shape index (κ3) is 3.19. The first kappa shape index (κ1) is 15.4. The van der Waals surface area contributed by atoms with Crippen LogP contribution in [0.5, 0.6) is 0 Å². The van der Waals surface area contributed by atoms with Crippen LogP contribution in [0.4, 0.5) is 4.39 Å². The van der Waals surface area contributed by atoms with Gasteiger partial charge in [-0.1, -0.05) is 25.5 Å². The predicted molar refractivity (Wildman–Crippen MR) is 76.5 cm³/mol. The van der Waals surface area contributed by atoms with Gasteiger partial charge in [0.15, 0.2) is 0 Å². The molecule has 1 N–H and O–H groups in total. The van der Waals surface area contributed by atoms with Gasteiger partial charge in [-0.05, 0) is 31.5 Å². The van der Waals surface area contributed by atoms with Crippen LogP contribution < -0.4 is 5.32 Å². The van der Waals surface area contributed by atoms with Crippen LogP contribution in [0.25, 0.3) is 0 Å². The highest BCUT2D eigenvalue weighted by molar-refractivity contribution is 7.89. The first-order valence-corrected chi connectivity index (χ1v) is 8.48. The molecule has 1 aromatic rings. The zero-order valence-corrected chi connectivity index (χ0v) is 12.5. The van der Waals surface area contributed by atoms with Gasteiger partial charge >= 0.3 is 0 Å². The molecule has 0 spiro atoms. The van der Waals surface area contributed by atoms with E-state index in [2.05, 4.69) is 5.32 Å². The molecule has 112 valence electrons. The minimum absolute atomic E-state index is 0.0895. The second kappa shape index (κ2) is 6.65. The third-order valence-electron chi connectivity index (χ3n) is 3.63. The smallest absolute Gasteiger partial charge is 0.246 e. The molecule has 0 amide bonds. The third-order valence-corrected chi connectivity index (χ3v) is 5.61. The number of nitrogens with one attached hydrogen (secondary N) is 1. The lowest BCUT2D eigenvalue weighted by molar-refractivity contribution is 0.246. The number of piperidine rings is 1. The Morgan fingerprint density at radius 3 is 2.80 bits per heavy atom. The molecule has 1 aliphatic rings. The number of rotatable bonds is 5. The molecular formula is C14H21FN2O2S. The second-order valence-electron chi connectivity index (χ2n) is 5.00. The number of likely N-dealkylation sites (N-methyl/N-ethyl adjacent to an activating group) is 1. The summed E-state index contributed by atoms with van der Waals surface area (Å²) in [4.78, 5) is -0.219. The van der Waals surface area contributed by atoms with Gasteiger partial charge in [0.05, 0.1) is 0 Å². The molecule has 1 fully saturated rings. The first-order chi connectivity index (χ1) is 9.57. The quantitative estimate of drug-likeness (QED) is 0.904. The predicted octanol–water partition coefficient (Wildman–Crippen LogP) is 1.98. The molecule has 0 bridgehead atoms. The number of hydrogen-bond donors (Lipinski definition) is 1. The average Bonchev–Trinajstić information content (AvgIpc) is 2.45. The lowest BCUT2D eigenvalue weighted by atomic mass is 10.1. The lowest BCUT2D eigenvalue weighted by Gasteiger charge is -2.34. The van der Waals surface area contributed by atoms with Crippen LogP contribution in [-0.2, 0) is 10.0 Å². The van der Waals surface area contributed by atoms with Crippen molar-refractivity contribution >= 4 is 10.0 Å². The van der Waals surface area contributed by atoms with E-state index < -0.39 is 15.8 Å². The van der Waals surface area contributed by atoms with Crippen molar-refractivity contribution in [2.75, 3.05) is 19.6 Å². The van der Waals surface area contributed by atoms with Gasteiger partial charge in [0.1, 0.15) is 10.7 Å². The van der Waals surface area contributed by atoms with Gasteiger partial charge in [-0.2, -0.15) is 4.31 Å². The van der Waals surface area contributed by atoms with Crippen molar-refractivity contribution in [1.82, 2.24) is 9.62 Å². The van der Waals surface area contributed by atoms with Gasteiger partial charge in [-0.25, -0.2) is 12.8 Å². The molecule has 1 unspecified atom stereocenters. The summed E-state index contributed by atoms with van der Waals surface area (Å²) in [6.07, 6.45) is 2.66. The maximum atomic E-state index is 13.8. The van der Waals surface area contributed by atoms with Gasteiger partial charge in [0, 0.05) is 19.1 Å². The van der Waals surface area contributed by atoms with Gasteiger partial charge < -0.3 is 5.32 Å². The molecular weight excluding hydrogens is 279 g/mol. The molecule has 1 atom stereocenters. The molecule has 0 radical (unpaired) electrons. The topological polar surface area (TPSA) is 49.4 Å². The van der Waals surface area contributed by atoms with Crippen LogP contribution in [0, 0.1) is 5.82 Å². The van der Waals surface area contributed by atoms with Crippen LogP contribution in [0.15, 0.2) is 29.2 Å². The molecule has 1 saturated heterocycles. The Balaban J connectivity index is 2.28. The Hall–Kier alpha value is -0.980. The lowest BCUT2D eigenvalue weighted by Crippen LogP contribution is -2.48. The minimum atomic E-state index is -3.75. The van der Waals surface area contributed by atoms with Gasteiger partial charge in [0.25, 0.3) is 0 Å². The standard InChI is InChI=1S/C14H21FN2O2S/c1-2-16-11-12-7-5-6-10-17(12)20(18,19)14-9-4-3-8-13(14)15/h3-4,8-9,12,16H,2,5-7,10-11H2,1H3. The Bertz CT molecular complexity index is 548. The number of benzene rings is 1. The van der Waals surface area contributed by atoms with Gasteiger partial charge in [-0.15, -0.1) is 0 Å². The zero-order chi connectivity index (χ0) is 14.6. The fraction of sp³-hybridized carbons (Fsp3) is 0.571. The summed E-state index contributed by atoms with van der Waals surface area (Å²) in [6.45, 7) is 3.86. The van der Waals surface area contributed by atoms with Crippen molar-refractivity contribution in [2.45, 2.75) is 37.1 Å². The second-order valence-corrected chi connectivity index (χ2v) is 6.86. The Morgan fingerprint density at radius 2 is 2.10 bits per heavy atom. The number of sulfonamides is 1. The van der Waals surface area contributed by atoms with E-state index in [4.69, 9.17) is 0 Å². The van der Waals surface area contributed by atoms with Crippen molar-refractivity contribution in [3.8, 4) is 0 Å². The highest BCUT2D eigenvalue weighted by atomic mass is 32.2. The summed E-state index contributed by atoms with van der Waals surface area (Å²) in [6, 6.07) is 5.49. The largest absolute Gasteiger partial charge is 0.315 e. The molecule has 20 heavy (non-hydrogen) atoms. The Kier molecular flexibility index (Phi) is 5.12. The molecule has 1 heterocycles. The summed E-state index contributed by atoms with van der Waals surface area (Å²) in [7, 11) is -3.75. The molecule has 0 aliphatic carbocycles. The maximum absolute atomic E-state index is 13.8. The molecule has 1 aromatic carbocycles. The number of nitrogens with zero attached hydrogens (tertiary/aromatic N) is 1. The fourth-order valence-corrected chi connectivity index (χ4v) is 4.35. The summed E-state index contributed by atoms with van der Waals surface area (Å²) in [5.74, 6) is -0.680. The van der Waals surface area contributed by atoms with E-state index in [0.29, 0.717) is 13.1 Å². The summed E-state index contributed by atoms with van der Waals surface area (Å²) >= 11 is 0. The molecule has 4 nitrogen and oxygen atoms in total. The van der Waals surface area contributed by atoms with Crippen LogP contribution in [-0.4, -0.2) is 38.4 Å². The first-order valence-electron chi connectivity index (χ1n) is 7.04. The fourth-order valence-electron chi connectivity index (χ4n) is 2.59. The zero-order valence-electron chi connectivity index (χ0n) is 11.7. The van der Waals surface area contributed by atoms with Crippen molar-refractivity contribution in [2.24, 2.45) is 0 Å². The summed E-state index contributed by atoms with van der Waals surface area (Å²) in [5.41, 5.74) is 0. The minimum Gasteiger partial charge on any atom is -0.315 e. The van der Waals surface area contributed by atoms with Crippen LogP contribution in [0.1, 0.15) is 26.2 Å². The molecule has 0 saturated carbocycles. The van der Waals surface area contributed by atoms with Gasteiger partial charge in [-0.3, -0.25) is 0 Å². The van der Waals surface area contributed by atoms with Crippen LogP contribution in [0.3, 0.4) is 0 Å². The highest BCUT2D eigenvalue weighted by Gasteiger charge is 2.34. The van der Waals surface area contributed by atoms with E-state index >= 15 is 0 Å². The van der Waals surface area contributed by atoms with Crippen LogP contribution >= 0.6 is 0 Å². The SMILES string of the molecule is CCNCC1CCCCN1S(=O)(=O)c1ccccc1F. The van der Waals surface area contributed by atoms with Gasteiger partial charge in [0.2, 0.25) is 10.0 Å². The monoisotopic (exact) mass is 300 g/mol. The van der Waals surface area contributed by atoms with E-state index in [1.54, 1.807) is 6.07 Å². The highest BCUT2D eigenvalue weighted by Crippen LogP contribution is 2.26. The van der Waals surface area contributed by atoms with E-state index in [1.165, 1.54) is 22.5 Å². The maximum Gasteiger partial charge on any atom is 0.246 e. The number of halogens is 1. The normalized spacial score (nSPS) is 21.0. The van der Waals surface area contributed by atoms with Crippen molar-refractivity contribution in [1.29, 1.82) is 0 Å². The molecule has 6 heteroatoms. The van der Waals surface area contributed by atoms with E-state index in [-0.39, 0.29) is 10.9 Å². The van der Waals surface area contributed by atoms with Crippen molar-refractivity contribution < 1.29 is 12.8 Å². The van der Waals surface area contributed by atoms with E-state index in [9.17, 15) is 12.8 Å². The molecule has 1 aliphatic heterocycles. The summed E-state index contributed by atoms with van der Waals surface area (Å²) in [5, 5.41) is 3.19. The molecule has 0 aromatic heterocycles. The van der Waals surface area contributed by atoms with E-state index in [0.717, 1.165) is 25.8 Å². The number of hydrogen-bond acceptors (Lipinski definition) is 3. The van der Waals surface area contributed by atoms with Crippen molar-refractivity contribution in [3.05, 3.63) is 30.1 Å². The van der Waals surface area contributed by atoms with Crippen molar-refractivity contribution in [3.63, 3.8) is 0 Å². The van der Waals surface area contributed by atoms with E-state index in [1.807, 2.05) is 6.92 Å². The Morgan fingerprint density at radius 1 is 1.35 bits per heavy atom.